The van der Waals surface area contributed by atoms with Crippen molar-refractivity contribution in [1.82, 2.24) is 29.0 Å². The SMILES string of the molecule is NC(=O)c1cnc2ccc(-c3c(-c4ccc(F)cc4)ncn3C3CN(C(=O)O)C3)nn12. The normalized spacial score (nSPS) is 14.0. The molecule has 0 aliphatic carbocycles. The van der Waals surface area contributed by atoms with Crippen LogP contribution in [-0.4, -0.2) is 59.2 Å². The van der Waals surface area contributed by atoms with E-state index in [1.165, 1.54) is 27.7 Å². The predicted molar refractivity (Wildman–Crippen MR) is 107 cm³/mol. The fourth-order valence-corrected chi connectivity index (χ4v) is 3.67. The molecule has 11 heteroatoms. The Balaban J connectivity index is 1.66. The van der Waals surface area contributed by atoms with Gasteiger partial charge in [-0.2, -0.15) is 5.10 Å². The number of halogens is 1. The first-order chi connectivity index (χ1) is 14.9. The van der Waals surface area contributed by atoms with Gasteiger partial charge in [-0.15, -0.1) is 0 Å². The van der Waals surface area contributed by atoms with Gasteiger partial charge in [0, 0.05) is 18.7 Å². The molecule has 1 fully saturated rings. The highest BCUT2D eigenvalue weighted by Crippen LogP contribution is 2.35. The number of aromatic nitrogens is 5. The van der Waals surface area contributed by atoms with Crippen LogP contribution in [-0.2, 0) is 0 Å². The van der Waals surface area contributed by atoms with Crippen molar-refractivity contribution >= 4 is 17.6 Å². The maximum Gasteiger partial charge on any atom is 0.407 e. The number of carbonyl (C=O) groups excluding carboxylic acids is 1. The molecule has 1 aromatic carbocycles. The van der Waals surface area contributed by atoms with Gasteiger partial charge in [-0.25, -0.2) is 23.7 Å². The lowest BCUT2D eigenvalue weighted by atomic mass is 10.1. The Morgan fingerprint density at radius 2 is 1.84 bits per heavy atom. The van der Waals surface area contributed by atoms with Crippen molar-refractivity contribution in [2.24, 2.45) is 5.73 Å². The molecule has 0 unspecified atom stereocenters. The van der Waals surface area contributed by atoms with Crippen molar-refractivity contribution in [2.45, 2.75) is 6.04 Å². The van der Waals surface area contributed by atoms with Gasteiger partial charge in [0.25, 0.3) is 5.91 Å². The zero-order valence-electron chi connectivity index (χ0n) is 16.0. The van der Waals surface area contributed by atoms with Gasteiger partial charge in [-0.05, 0) is 36.4 Å². The Hall–Kier alpha value is -4.28. The van der Waals surface area contributed by atoms with E-state index in [0.717, 1.165) is 0 Å². The van der Waals surface area contributed by atoms with Crippen LogP contribution >= 0.6 is 0 Å². The molecular weight excluding hydrogens is 405 g/mol. The number of imidazole rings is 2. The smallest absolute Gasteiger partial charge is 0.407 e. The number of rotatable bonds is 4. The molecule has 0 atom stereocenters. The van der Waals surface area contributed by atoms with Gasteiger partial charge in [0.05, 0.1) is 30.0 Å². The summed E-state index contributed by atoms with van der Waals surface area (Å²) in [5.74, 6) is -1.04. The van der Waals surface area contributed by atoms with Crippen molar-refractivity contribution in [1.29, 1.82) is 0 Å². The zero-order chi connectivity index (χ0) is 21.7. The number of carbonyl (C=O) groups is 2. The number of amides is 2. The van der Waals surface area contributed by atoms with Gasteiger partial charge >= 0.3 is 6.09 Å². The molecule has 0 bridgehead atoms. The molecule has 4 aromatic rings. The van der Waals surface area contributed by atoms with E-state index in [-0.39, 0.29) is 17.6 Å². The third kappa shape index (κ3) is 3.06. The molecule has 4 heterocycles. The third-order valence-corrected chi connectivity index (χ3v) is 5.29. The Bertz CT molecular complexity index is 1320. The maximum atomic E-state index is 13.4. The number of hydrogen-bond acceptors (Lipinski definition) is 5. The predicted octanol–water partition coefficient (Wildman–Crippen LogP) is 2.03. The van der Waals surface area contributed by atoms with Crippen LogP contribution in [0, 0.1) is 5.82 Å². The fraction of sp³-hybridized carbons (Fsp3) is 0.150. The standard InChI is InChI=1S/C20H16FN7O3/c21-12-3-1-11(2-4-12)17-18(27(10-24-17)13-8-26(9-13)20(30)31)14-5-6-16-23-7-15(19(22)29)28(16)25-14/h1-7,10,13H,8-9H2,(H2,22,29)(H,30,31). The molecule has 3 aromatic heterocycles. The number of hydrogen-bond donors (Lipinski definition) is 2. The quantitative estimate of drug-likeness (QED) is 0.518. The summed E-state index contributed by atoms with van der Waals surface area (Å²) in [6, 6.07) is 9.20. The molecule has 1 aliphatic heterocycles. The van der Waals surface area contributed by atoms with Crippen LogP contribution in [0.25, 0.3) is 28.3 Å². The van der Waals surface area contributed by atoms with Gasteiger partial charge < -0.3 is 20.3 Å². The second-order valence-corrected chi connectivity index (χ2v) is 7.19. The first kappa shape index (κ1) is 18.7. The van der Waals surface area contributed by atoms with E-state index in [0.29, 0.717) is 41.4 Å². The van der Waals surface area contributed by atoms with Crippen molar-refractivity contribution in [3.63, 3.8) is 0 Å². The minimum absolute atomic E-state index is 0.131. The Labute approximate surface area is 174 Å². The van der Waals surface area contributed by atoms with Crippen LogP contribution < -0.4 is 5.73 Å². The summed E-state index contributed by atoms with van der Waals surface area (Å²) < 4.78 is 16.7. The Morgan fingerprint density at radius 1 is 1.10 bits per heavy atom. The molecule has 10 nitrogen and oxygen atoms in total. The first-order valence-corrected chi connectivity index (χ1v) is 9.38. The number of nitrogens with zero attached hydrogens (tertiary/aromatic N) is 6. The topological polar surface area (TPSA) is 132 Å². The average Bonchev–Trinajstić information content (AvgIpc) is 3.31. The molecule has 0 spiro atoms. The molecular formula is C20H16FN7O3. The number of carboxylic acid groups (broad SMARTS) is 1. The molecule has 3 N–H and O–H groups in total. The maximum absolute atomic E-state index is 13.4. The van der Waals surface area contributed by atoms with Crippen LogP contribution in [0.2, 0.25) is 0 Å². The van der Waals surface area contributed by atoms with E-state index in [4.69, 9.17) is 10.8 Å². The van der Waals surface area contributed by atoms with Gasteiger partial charge in [0.1, 0.15) is 17.2 Å². The third-order valence-electron chi connectivity index (χ3n) is 5.29. The van der Waals surface area contributed by atoms with Gasteiger partial charge in [0.15, 0.2) is 5.65 Å². The summed E-state index contributed by atoms with van der Waals surface area (Å²) in [5, 5.41) is 13.7. The lowest BCUT2D eigenvalue weighted by Gasteiger charge is -2.38. The molecule has 2 amide bonds. The minimum Gasteiger partial charge on any atom is -0.465 e. The highest BCUT2D eigenvalue weighted by molar-refractivity contribution is 5.91. The molecule has 156 valence electrons. The molecule has 1 saturated heterocycles. The highest BCUT2D eigenvalue weighted by atomic mass is 19.1. The van der Waals surface area contributed by atoms with Crippen molar-refractivity contribution in [2.75, 3.05) is 13.1 Å². The average molecular weight is 421 g/mol. The van der Waals surface area contributed by atoms with Crippen LogP contribution in [0.3, 0.4) is 0 Å². The number of fused-ring (bicyclic) bond motifs is 1. The van der Waals surface area contributed by atoms with E-state index < -0.39 is 12.0 Å². The Morgan fingerprint density at radius 3 is 2.52 bits per heavy atom. The molecule has 1 aliphatic rings. The van der Waals surface area contributed by atoms with Crippen molar-refractivity contribution in [3.05, 3.63) is 60.4 Å². The van der Waals surface area contributed by atoms with Crippen LogP contribution in [0.4, 0.5) is 9.18 Å². The molecule has 0 saturated carbocycles. The zero-order valence-corrected chi connectivity index (χ0v) is 16.0. The number of nitrogens with two attached hydrogens (primary N) is 1. The van der Waals surface area contributed by atoms with Crippen LogP contribution in [0.15, 0.2) is 48.9 Å². The van der Waals surface area contributed by atoms with E-state index in [1.54, 1.807) is 30.6 Å². The van der Waals surface area contributed by atoms with Crippen molar-refractivity contribution in [3.8, 4) is 22.6 Å². The highest BCUT2D eigenvalue weighted by Gasteiger charge is 2.34. The summed E-state index contributed by atoms with van der Waals surface area (Å²) in [7, 11) is 0. The van der Waals surface area contributed by atoms with Gasteiger partial charge in [0.2, 0.25) is 0 Å². The minimum atomic E-state index is -0.985. The van der Waals surface area contributed by atoms with E-state index in [2.05, 4.69) is 15.1 Å². The second kappa shape index (κ2) is 6.90. The van der Waals surface area contributed by atoms with Crippen molar-refractivity contribution < 1.29 is 19.1 Å². The largest absolute Gasteiger partial charge is 0.465 e. The lowest BCUT2D eigenvalue weighted by molar-refractivity contribution is 0.0861. The number of primary amides is 1. The van der Waals surface area contributed by atoms with Crippen LogP contribution in [0.1, 0.15) is 16.5 Å². The summed E-state index contributed by atoms with van der Waals surface area (Å²) in [6.07, 6.45) is 1.98. The summed E-state index contributed by atoms with van der Waals surface area (Å²) in [6.45, 7) is 0.614. The fourth-order valence-electron chi connectivity index (χ4n) is 3.67. The van der Waals surface area contributed by atoms with E-state index in [9.17, 15) is 14.0 Å². The van der Waals surface area contributed by atoms with E-state index in [1.807, 2.05) is 4.57 Å². The molecule has 31 heavy (non-hydrogen) atoms. The molecule has 5 rings (SSSR count). The van der Waals surface area contributed by atoms with E-state index >= 15 is 0 Å². The summed E-state index contributed by atoms with van der Waals surface area (Å²) in [5.41, 5.74) is 8.34. The Kier molecular flexibility index (Phi) is 4.17. The van der Waals surface area contributed by atoms with Gasteiger partial charge in [-0.3, -0.25) is 4.79 Å². The van der Waals surface area contributed by atoms with Crippen LogP contribution in [0.5, 0.6) is 0 Å². The van der Waals surface area contributed by atoms with Gasteiger partial charge in [-0.1, -0.05) is 0 Å². The second-order valence-electron chi connectivity index (χ2n) is 7.19. The monoisotopic (exact) mass is 421 g/mol. The molecule has 0 radical (unpaired) electrons. The number of benzene rings is 1. The summed E-state index contributed by atoms with van der Waals surface area (Å²) in [4.78, 5) is 32.9. The number of likely N-dealkylation sites (tertiary alicyclic amines) is 1. The first-order valence-electron chi connectivity index (χ1n) is 9.38. The summed E-state index contributed by atoms with van der Waals surface area (Å²) >= 11 is 0. The lowest BCUT2D eigenvalue weighted by Crippen LogP contribution is -2.50.